The molecule has 2 aromatic rings. The molecule has 168 valence electrons. The van der Waals surface area contributed by atoms with Crippen molar-refractivity contribution in [3.05, 3.63) is 45.8 Å². The minimum Gasteiger partial charge on any atom is -0.335 e. The van der Waals surface area contributed by atoms with Gasteiger partial charge in [-0.15, -0.1) is 11.3 Å². The van der Waals surface area contributed by atoms with Gasteiger partial charge in [0.15, 0.2) is 0 Å². The van der Waals surface area contributed by atoms with Gasteiger partial charge >= 0.3 is 6.18 Å². The summed E-state index contributed by atoms with van der Waals surface area (Å²) in [5.74, 6) is -0.583. The van der Waals surface area contributed by atoms with E-state index < -0.39 is 31.7 Å². The van der Waals surface area contributed by atoms with Crippen LogP contribution in [0, 0.1) is 0 Å². The maximum atomic E-state index is 13.1. The lowest BCUT2D eigenvalue weighted by atomic mass is 10.2. The molecule has 1 N–H and O–H groups in total. The van der Waals surface area contributed by atoms with Gasteiger partial charge in [-0.1, -0.05) is 11.6 Å². The molecule has 2 amide bonds. The molecule has 0 bridgehead atoms. The summed E-state index contributed by atoms with van der Waals surface area (Å²) < 4.78 is 65.9. The zero-order valence-corrected chi connectivity index (χ0v) is 18.5. The highest BCUT2D eigenvalue weighted by atomic mass is 35.5. The van der Waals surface area contributed by atoms with E-state index >= 15 is 0 Å². The number of rotatable bonds is 4. The molecule has 1 fully saturated rings. The normalized spacial score (nSPS) is 15.7. The van der Waals surface area contributed by atoms with E-state index in [0.717, 1.165) is 27.8 Å². The summed E-state index contributed by atoms with van der Waals surface area (Å²) in [4.78, 5) is 25.1. The van der Waals surface area contributed by atoms with E-state index in [1.807, 2.05) is 0 Å². The van der Waals surface area contributed by atoms with Crippen LogP contribution in [0.15, 0.2) is 35.2 Å². The molecule has 0 spiro atoms. The summed E-state index contributed by atoms with van der Waals surface area (Å²) in [5.41, 5.74) is -1.23. The lowest BCUT2D eigenvalue weighted by molar-refractivity contribution is -0.137. The van der Waals surface area contributed by atoms with Gasteiger partial charge in [0.05, 0.1) is 25.4 Å². The lowest BCUT2D eigenvalue weighted by Gasteiger charge is -2.33. The molecule has 31 heavy (non-hydrogen) atoms. The number of thiophene rings is 1. The number of carbonyl (C=O) groups excluding carboxylic acids is 2. The molecular weight excluding hydrogens is 479 g/mol. The average Bonchev–Trinajstić information content (AvgIpc) is 3.14. The fourth-order valence-electron chi connectivity index (χ4n) is 3.01. The van der Waals surface area contributed by atoms with Crippen molar-refractivity contribution < 1.29 is 31.2 Å². The van der Waals surface area contributed by atoms with E-state index in [4.69, 9.17) is 11.6 Å². The Kier molecular flexibility index (Phi) is 6.65. The van der Waals surface area contributed by atoms with Crippen molar-refractivity contribution in [1.82, 2.24) is 9.21 Å². The van der Waals surface area contributed by atoms with Gasteiger partial charge in [0.1, 0.15) is 0 Å². The third-order valence-electron chi connectivity index (χ3n) is 4.52. The highest BCUT2D eigenvalue weighted by molar-refractivity contribution is 7.89. The number of carbonyl (C=O) groups is 2. The molecular formula is C18H17ClF3N3O4S2. The molecule has 1 aromatic heterocycles. The number of nitrogens with one attached hydrogen (secondary N) is 1. The van der Waals surface area contributed by atoms with Gasteiger partial charge in [-0.3, -0.25) is 9.59 Å². The van der Waals surface area contributed by atoms with Crippen LogP contribution in [0.4, 0.5) is 18.2 Å². The van der Waals surface area contributed by atoms with E-state index in [1.165, 1.54) is 11.8 Å². The quantitative estimate of drug-likeness (QED) is 0.703. The first kappa shape index (κ1) is 23.5. The zero-order chi connectivity index (χ0) is 23.0. The van der Waals surface area contributed by atoms with Crippen LogP contribution in [0.5, 0.6) is 0 Å². The van der Waals surface area contributed by atoms with Crippen molar-refractivity contribution in [3.63, 3.8) is 0 Å². The minimum absolute atomic E-state index is 0.0675. The van der Waals surface area contributed by atoms with Crippen LogP contribution in [0.25, 0.3) is 0 Å². The summed E-state index contributed by atoms with van der Waals surface area (Å²) in [7, 11) is -4.19. The first-order chi connectivity index (χ1) is 14.4. The molecule has 0 aliphatic carbocycles. The molecule has 2 heterocycles. The van der Waals surface area contributed by atoms with Crippen molar-refractivity contribution in [3.8, 4) is 0 Å². The number of hydrogen-bond donors (Lipinski definition) is 1. The molecule has 1 aliphatic heterocycles. The fourth-order valence-corrected chi connectivity index (χ4v) is 5.61. The van der Waals surface area contributed by atoms with Gasteiger partial charge in [-0.2, -0.15) is 17.5 Å². The van der Waals surface area contributed by atoms with Crippen LogP contribution in [0.2, 0.25) is 5.02 Å². The molecule has 0 unspecified atom stereocenters. The van der Waals surface area contributed by atoms with Crippen molar-refractivity contribution in [1.29, 1.82) is 0 Å². The number of anilines is 1. The third-order valence-corrected chi connectivity index (χ3v) is 7.74. The van der Waals surface area contributed by atoms with Gasteiger partial charge in [-0.25, -0.2) is 8.42 Å². The van der Waals surface area contributed by atoms with Crippen molar-refractivity contribution in [2.75, 3.05) is 31.5 Å². The van der Waals surface area contributed by atoms with E-state index in [9.17, 15) is 31.2 Å². The number of halogens is 4. The predicted molar refractivity (Wildman–Crippen MR) is 110 cm³/mol. The summed E-state index contributed by atoms with van der Waals surface area (Å²) in [5, 5.41) is 2.51. The molecule has 0 radical (unpaired) electrons. The second-order valence-corrected chi connectivity index (χ2v) is 10.1. The van der Waals surface area contributed by atoms with E-state index in [1.54, 1.807) is 12.1 Å². The highest BCUT2D eigenvalue weighted by Gasteiger charge is 2.36. The van der Waals surface area contributed by atoms with Crippen LogP contribution in [0.1, 0.15) is 22.2 Å². The summed E-state index contributed by atoms with van der Waals surface area (Å²) in [6.07, 6.45) is -4.79. The molecule has 13 heteroatoms. The van der Waals surface area contributed by atoms with Crippen LogP contribution >= 0.6 is 22.9 Å². The van der Waals surface area contributed by atoms with Gasteiger partial charge in [0.2, 0.25) is 15.9 Å². The Morgan fingerprint density at radius 1 is 1.10 bits per heavy atom. The van der Waals surface area contributed by atoms with E-state index in [0.29, 0.717) is 15.9 Å². The number of piperazine rings is 1. The molecule has 0 atom stereocenters. The average molecular weight is 496 g/mol. The number of amides is 2. The standard InChI is InChI=1S/C18H17ClF3N3O4S2/c1-11(26)23-16-5-4-15(30-16)17(27)24-6-8-25(9-7-24)31(28,29)12-2-3-14(19)13(10-12)18(20,21)22/h2-5,10H,6-9H2,1H3,(H,23,26). The largest absolute Gasteiger partial charge is 0.417 e. The SMILES string of the molecule is CC(=O)Nc1ccc(C(=O)N2CCN(S(=O)(=O)c3ccc(Cl)c(C(F)(F)F)c3)CC2)s1. The molecule has 3 rings (SSSR count). The summed E-state index contributed by atoms with van der Waals surface area (Å²) in [6, 6.07) is 5.61. The predicted octanol–water partition coefficient (Wildman–Crippen LogP) is 3.53. The number of benzene rings is 1. The minimum atomic E-state index is -4.79. The van der Waals surface area contributed by atoms with Crippen LogP contribution in [-0.4, -0.2) is 55.6 Å². The van der Waals surface area contributed by atoms with Crippen LogP contribution < -0.4 is 5.32 Å². The van der Waals surface area contributed by atoms with Crippen LogP contribution in [0.3, 0.4) is 0 Å². The Hall–Kier alpha value is -2.15. The number of hydrogen-bond acceptors (Lipinski definition) is 5. The van der Waals surface area contributed by atoms with E-state index in [-0.39, 0.29) is 38.0 Å². The zero-order valence-electron chi connectivity index (χ0n) is 16.1. The van der Waals surface area contributed by atoms with Gasteiger partial charge in [-0.05, 0) is 30.3 Å². The fraction of sp³-hybridized carbons (Fsp3) is 0.333. The Bertz CT molecular complexity index is 1110. The first-order valence-corrected chi connectivity index (χ1v) is 11.6. The summed E-state index contributed by atoms with van der Waals surface area (Å²) >= 11 is 6.66. The Morgan fingerprint density at radius 2 is 1.74 bits per heavy atom. The smallest absolute Gasteiger partial charge is 0.335 e. The molecule has 1 saturated heterocycles. The first-order valence-electron chi connectivity index (χ1n) is 8.93. The van der Waals surface area contributed by atoms with Crippen LogP contribution in [-0.2, 0) is 21.0 Å². The van der Waals surface area contributed by atoms with E-state index in [2.05, 4.69) is 5.32 Å². The highest BCUT2D eigenvalue weighted by Crippen LogP contribution is 2.36. The number of nitrogens with zero attached hydrogens (tertiary/aromatic N) is 2. The maximum Gasteiger partial charge on any atom is 0.417 e. The van der Waals surface area contributed by atoms with Crippen molar-refractivity contribution in [2.45, 2.75) is 18.0 Å². The monoisotopic (exact) mass is 495 g/mol. The number of sulfonamides is 1. The molecule has 0 saturated carbocycles. The Balaban J connectivity index is 1.71. The lowest BCUT2D eigenvalue weighted by Crippen LogP contribution is -2.50. The Morgan fingerprint density at radius 3 is 2.32 bits per heavy atom. The van der Waals surface area contributed by atoms with Gasteiger partial charge < -0.3 is 10.2 Å². The number of alkyl halides is 3. The molecule has 7 nitrogen and oxygen atoms in total. The maximum absolute atomic E-state index is 13.1. The molecule has 1 aliphatic rings. The Labute approximate surface area is 185 Å². The van der Waals surface area contributed by atoms with Crippen molar-refractivity contribution >= 4 is 49.8 Å². The third kappa shape index (κ3) is 5.20. The molecule has 1 aromatic carbocycles. The second-order valence-electron chi connectivity index (χ2n) is 6.68. The topological polar surface area (TPSA) is 86.8 Å². The van der Waals surface area contributed by atoms with Gasteiger partial charge in [0.25, 0.3) is 5.91 Å². The van der Waals surface area contributed by atoms with Crippen molar-refractivity contribution in [2.24, 2.45) is 0 Å². The second kappa shape index (κ2) is 8.77. The van der Waals surface area contributed by atoms with Gasteiger partial charge in [0, 0.05) is 33.1 Å². The summed E-state index contributed by atoms with van der Waals surface area (Å²) in [6.45, 7) is 1.36.